The van der Waals surface area contributed by atoms with Crippen molar-refractivity contribution in [2.75, 3.05) is 20.0 Å². The van der Waals surface area contributed by atoms with Gasteiger partial charge < -0.3 is 0 Å². The summed E-state index contributed by atoms with van der Waals surface area (Å²) in [4.78, 5) is 8.57. The molecule has 0 atom stereocenters. The summed E-state index contributed by atoms with van der Waals surface area (Å²) < 4.78 is 77.2. The molecule has 0 amide bonds. The summed E-state index contributed by atoms with van der Waals surface area (Å²) in [5.74, 6) is 0.626. The molecular weight excluding hydrogens is 515 g/mol. The van der Waals surface area contributed by atoms with Gasteiger partial charge in [0, 0.05) is 0 Å². The second kappa shape index (κ2) is 11.3. The Morgan fingerprint density at radius 2 is 1.39 bits per heavy atom. The van der Waals surface area contributed by atoms with Crippen LogP contribution in [0.2, 0.25) is 0 Å². The van der Waals surface area contributed by atoms with E-state index in [1.165, 1.54) is 25.6 Å². The summed E-state index contributed by atoms with van der Waals surface area (Å²) in [6, 6.07) is 0. The number of rotatable bonds is 9. The Labute approximate surface area is 173 Å². The molecule has 0 saturated carbocycles. The Bertz CT molecular complexity index is 696. The molecule has 0 unspecified atom stereocenters. The van der Waals surface area contributed by atoms with Gasteiger partial charge in [-0.25, -0.2) is 0 Å². The maximum absolute atomic E-state index is 12.9. The normalized spacial score (nSPS) is 14.8. The summed E-state index contributed by atoms with van der Waals surface area (Å²) >= 11 is 0.169. The van der Waals surface area contributed by atoms with Crippen molar-refractivity contribution in [3.8, 4) is 0 Å². The molecule has 0 rings (SSSR count). The van der Waals surface area contributed by atoms with E-state index in [1.807, 2.05) is 0 Å². The number of hydrogen-bond acceptors (Lipinski definition) is 2. The Kier molecular flexibility index (Phi) is 10.9. The molecular formula is C19H24F6INS. The average molecular weight is 539 g/mol. The molecule has 1 nitrogen and oxygen atoms in total. The minimum absolute atomic E-state index is 0.0236. The van der Waals surface area contributed by atoms with E-state index in [4.69, 9.17) is 0 Å². The quantitative estimate of drug-likeness (QED) is 0.0971. The molecule has 9 heteroatoms. The van der Waals surface area contributed by atoms with E-state index in [9.17, 15) is 26.3 Å². The number of thioether (sulfide) groups is 1. The summed E-state index contributed by atoms with van der Waals surface area (Å²) in [5.41, 5.74) is -1.63. The molecule has 0 aromatic carbocycles. The summed E-state index contributed by atoms with van der Waals surface area (Å²) in [5, 5.41) is 0. The number of allylic oxidation sites excluding steroid dienone is 6. The summed E-state index contributed by atoms with van der Waals surface area (Å²) in [6.45, 7) is 12.6. The van der Waals surface area contributed by atoms with Crippen LogP contribution in [0.25, 0.3) is 0 Å². The molecule has 0 aliphatic carbocycles. The third-order valence-electron chi connectivity index (χ3n) is 3.21. The average Bonchev–Trinajstić information content (AvgIpc) is 2.50. The zero-order chi connectivity index (χ0) is 22.3. The van der Waals surface area contributed by atoms with Crippen LogP contribution in [-0.2, 0) is 0 Å². The van der Waals surface area contributed by atoms with Crippen molar-refractivity contribution in [2.24, 2.45) is 4.99 Å². The van der Waals surface area contributed by atoms with Gasteiger partial charge in [0.25, 0.3) is 0 Å². The van der Waals surface area contributed by atoms with Gasteiger partial charge in [0.2, 0.25) is 0 Å². The Hall–Kier alpha value is -0.970. The van der Waals surface area contributed by atoms with Crippen LogP contribution in [0, 0.1) is 0 Å². The maximum atomic E-state index is 12.9. The fraction of sp³-hybridized carbons (Fsp3) is 0.421. The third kappa shape index (κ3) is 10.5. The molecule has 160 valence electrons. The van der Waals surface area contributed by atoms with Crippen molar-refractivity contribution in [1.29, 1.82) is 0 Å². The van der Waals surface area contributed by atoms with E-state index in [1.54, 1.807) is 0 Å². The van der Waals surface area contributed by atoms with Gasteiger partial charge in [-0.3, -0.25) is 0 Å². The molecule has 0 aliphatic rings. The first-order chi connectivity index (χ1) is 12.6. The first-order valence-electron chi connectivity index (χ1n) is 7.81. The predicted octanol–water partition coefficient (Wildman–Crippen LogP) is 7.53. The number of halogens is 7. The molecule has 0 heterocycles. The van der Waals surface area contributed by atoms with Crippen molar-refractivity contribution >= 4 is 37.3 Å². The molecule has 28 heavy (non-hydrogen) atoms. The van der Waals surface area contributed by atoms with Crippen LogP contribution in [0.4, 0.5) is 26.3 Å². The van der Waals surface area contributed by atoms with Gasteiger partial charge in [0.1, 0.15) is 0 Å². The Morgan fingerprint density at radius 3 is 1.82 bits per heavy atom. The first-order valence-corrected chi connectivity index (χ1v) is 14.6. The topological polar surface area (TPSA) is 12.4 Å². The van der Waals surface area contributed by atoms with Crippen LogP contribution >= 0.6 is 31.6 Å². The molecule has 0 N–H and O–H groups in total. The van der Waals surface area contributed by atoms with E-state index in [0.29, 0.717) is 5.75 Å². The van der Waals surface area contributed by atoms with Crippen LogP contribution in [0.3, 0.4) is 0 Å². The number of alkyl halides is 9. The van der Waals surface area contributed by atoms with Crippen LogP contribution in [0.15, 0.2) is 64.2 Å². The van der Waals surface area contributed by atoms with Crippen molar-refractivity contribution < 1.29 is 26.3 Å². The van der Waals surface area contributed by atoms with Crippen molar-refractivity contribution in [2.45, 2.75) is 26.2 Å². The van der Waals surface area contributed by atoms with Gasteiger partial charge in [-0.1, -0.05) is 0 Å². The molecule has 0 aliphatic heterocycles. The third-order valence-corrected chi connectivity index (χ3v) is 7.72. The molecule has 0 bridgehead atoms. The molecule has 0 fully saturated rings. The summed E-state index contributed by atoms with van der Waals surface area (Å²) in [7, 11) is 0. The zero-order valence-corrected chi connectivity index (χ0v) is 19.2. The zero-order valence-electron chi connectivity index (χ0n) is 16.2. The van der Waals surface area contributed by atoms with Gasteiger partial charge in [0.05, 0.1) is 0 Å². The van der Waals surface area contributed by atoms with Gasteiger partial charge in [-0.2, -0.15) is 0 Å². The molecule has 0 aromatic heterocycles. The fourth-order valence-corrected chi connectivity index (χ4v) is 6.09. The standard InChI is InChI=1S/C19H24F6INS/c1-12(18(20,21)22)10-14(3)27-16(5)15(4)17(28-9-8-26(6)7)11-13(2)19(23,24)25/h10-11H,1-2,4,8-9H2,3,5-7H3/b14-10+,17-11+,27-16?. The van der Waals surface area contributed by atoms with E-state index < -0.39 is 43.3 Å². The van der Waals surface area contributed by atoms with E-state index >= 15 is 0 Å². The van der Waals surface area contributed by atoms with Crippen LogP contribution in [-0.4, -0.2) is 38.1 Å². The monoisotopic (exact) mass is 539 g/mol. The number of hydrogen-bond donors (Lipinski definition) is 0. The molecule has 0 spiro atoms. The van der Waals surface area contributed by atoms with Gasteiger partial charge in [-0.15, -0.1) is 0 Å². The van der Waals surface area contributed by atoms with Crippen LogP contribution in [0.5, 0.6) is 0 Å². The van der Waals surface area contributed by atoms with E-state index in [2.05, 4.69) is 34.6 Å². The first kappa shape index (κ1) is 27.0. The Balaban J connectivity index is 5.67. The molecule has 0 radical (unpaired) electrons. The molecule has 0 saturated heterocycles. The molecule has 0 aromatic rings. The van der Waals surface area contributed by atoms with Crippen molar-refractivity contribution in [3.05, 3.63) is 59.2 Å². The van der Waals surface area contributed by atoms with Crippen molar-refractivity contribution in [3.63, 3.8) is 0 Å². The summed E-state index contributed by atoms with van der Waals surface area (Å²) in [6.07, 6.45) is -7.48. The van der Waals surface area contributed by atoms with E-state index in [0.717, 1.165) is 16.6 Å². The number of nitrogens with zero attached hydrogens (tertiary/aromatic N) is 1. The SMILES string of the molecule is C=C(C(C)=N/C(C)=C/C(=C)C(F)(F)F)/C(=C\C(=C)C(F)(F)F)SCCI(C)C. The number of aliphatic imine (C=N–C) groups is 1. The fourth-order valence-electron chi connectivity index (χ4n) is 1.64. The van der Waals surface area contributed by atoms with E-state index in [-0.39, 0.29) is 21.9 Å². The minimum atomic E-state index is -4.58. The Morgan fingerprint density at radius 1 is 0.929 bits per heavy atom. The van der Waals surface area contributed by atoms with Gasteiger partial charge in [-0.05, 0) is 0 Å². The van der Waals surface area contributed by atoms with Gasteiger partial charge in [0.15, 0.2) is 0 Å². The van der Waals surface area contributed by atoms with Crippen LogP contribution in [0.1, 0.15) is 13.8 Å². The second-order valence-electron chi connectivity index (χ2n) is 5.97. The second-order valence-corrected chi connectivity index (χ2v) is 13.4. The van der Waals surface area contributed by atoms with Gasteiger partial charge >= 0.3 is 174 Å². The predicted molar refractivity (Wildman–Crippen MR) is 118 cm³/mol. The van der Waals surface area contributed by atoms with Crippen molar-refractivity contribution in [1.82, 2.24) is 0 Å². The van der Waals surface area contributed by atoms with Crippen LogP contribution < -0.4 is 0 Å².